The number of unbranched alkanes of at least 4 members (excludes halogenated alkanes) is 3. The largest absolute Gasteiger partial charge is 0.396 e. The molecule has 1 aliphatic heterocycles. The first kappa shape index (κ1) is 32.9. The summed E-state index contributed by atoms with van der Waals surface area (Å²) < 4.78 is 6.00. The summed E-state index contributed by atoms with van der Waals surface area (Å²) in [6, 6.07) is -0.234. The van der Waals surface area contributed by atoms with Crippen molar-refractivity contribution in [2.24, 2.45) is 16.7 Å². The summed E-state index contributed by atoms with van der Waals surface area (Å²) in [5.41, 5.74) is 0.747. The Morgan fingerprint density at radius 2 is 1.44 bits per heavy atom. The SMILES string of the molecule is CCC(CCN1CC(=O)NC1=O)C(CC)(CC)CCCCOCCCCC(CC)(CC)CCCCO. The predicted molar refractivity (Wildman–Crippen MR) is 149 cm³/mol. The van der Waals surface area contributed by atoms with Gasteiger partial charge in [0.25, 0.3) is 0 Å². The Balaban J connectivity index is 2.32. The van der Waals surface area contributed by atoms with Crippen LogP contribution in [0.25, 0.3) is 0 Å². The highest BCUT2D eigenvalue weighted by Crippen LogP contribution is 2.44. The molecular formula is C30H58N2O4. The Labute approximate surface area is 222 Å². The molecule has 0 aromatic carbocycles. The Bertz CT molecular complexity index is 602. The molecule has 1 heterocycles. The lowest BCUT2D eigenvalue weighted by molar-refractivity contribution is -0.118. The number of hydrogen-bond donors (Lipinski definition) is 2. The number of aliphatic hydroxyl groups is 1. The monoisotopic (exact) mass is 510 g/mol. The van der Waals surface area contributed by atoms with Crippen LogP contribution >= 0.6 is 0 Å². The Morgan fingerprint density at radius 1 is 0.861 bits per heavy atom. The molecule has 1 atom stereocenters. The van der Waals surface area contributed by atoms with Crippen LogP contribution in [0.2, 0.25) is 0 Å². The van der Waals surface area contributed by atoms with Crippen molar-refractivity contribution in [1.82, 2.24) is 10.2 Å². The van der Waals surface area contributed by atoms with Crippen LogP contribution in [0.1, 0.15) is 131 Å². The smallest absolute Gasteiger partial charge is 0.324 e. The highest BCUT2D eigenvalue weighted by atomic mass is 16.5. The molecule has 6 heteroatoms. The van der Waals surface area contributed by atoms with Gasteiger partial charge in [-0.15, -0.1) is 0 Å². The van der Waals surface area contributed by atoms with Crippen LogP contribution in [0.15, 0.2) is 0 Å². The molecule has 6 nitrogen and oxygen atoms in total. The van der Waals surface area contributed by atoms with Crippen LogP contribution in [-0.4, -0.2) is 54.9 Å². The molecule has 0 radical (unpaired) electrons. The number of hydrogen-bond acceptors (Lipinski definition) is 4. The van der Waals surface area contributed by atoms with Crippen molar-refractivity contribution in [3.63, 3.8) is 0 Å². The number of amides is 3. The van der Waals surface area contributed by atoms with Gasteiger partial charge in [0, 0.05) is 26.4 Å². The van der Waals surface area contributed by atoms with Gasteiger partial charge in [0.05, 0.1) is 0 Å². The molecule has 1 fully saturated rings. The maximum absolute atomic E-state index is 11.9. The second-order valence-electron chi connectivity index (χ2n) is 11.2. The van der Waals surface area contributed by atoms with Gasteiger partial charge in [-0.25, -0.2) is 4.79 Å². The standard InChI is InChI=1S/C30H58N2O4/c1-6-26(17-21-32-25-27(34)31-28(32)35)30(9-4,10-5)20-13-16-24-36-23-15-12-19-29(7-2,8-3)18-11-14-22-33/h26,33H,6-25H2,1-5H3,(H,31,34,35). The lowest BCUT2D eigenvalue weighted by Gasteiger charge is -2.40. The van der Waals surface area contributed by atoms with E-state index in [1.165, 1.54) is 44.9 Å². The molecule has 0 aromatic heterocycles. The van der Waals surface area contributed by atoms with E-state index in [0.29, 0.717) is 29.9 Å². The van der Waals surface area contributed by atoms with Gasteiger partial charge in [-0.3, -0.25) is 10.1 Å². The summed E-state index contributed by atoms with van der Waals surface area (Å²) in [6.07, 6.45) is 17.3. The summed E-state index contributed by atoms with van der Waals surface area (Å²) in [7, 11) is 0. The molecule has 2 N–H and O–H groups in total. The molecule has 212 valence electrons. The van der Waals surface area contributed by atoms with E-state index in [1.54, 1.807) is 4.90 Å². The fraction of sp³-hybridized carbons (Fsp3) is 0.933. The molecular weight excluding hydrogens is 452 g/mol. The minimum Gasteiger partial charge on any atom is -0.396 e. The quantitative estimate of drug-likeness (QED) is 0.114. The van der Waals surface area contributed by atoms with E-state index in [0.717, 1.165) is 64.6 Å². The number of carbonyl (C=O) groups excluding carboxylic acids is 2. The number of nitrogens with one attached hydrogen (secondary N) is 1. The van der Waals surface area contributed by atoms with Crippen molar-refractivity contribution in [1.29, 1.82) is 0 Å². The van der Waals surface area contributed by atoms with Crippen LogP contribution < -0.4 is 5.32 Å². The zero-order chi connectivity index (χ0) is 26.9. The molecule has 36 heavy (non-hydrogen) atoms. The van der Waals surface area contributed by atoms with Gasteiger partial charge in [-0.05, 0) is 61.7 Å². The third kappa shape index (κ3) is 10.7. The van der Waals surface area contributed by atoms with E-state index in [1.807, 2.05) is 0 Å². The molecule has 1 aliphatic rings. The average Bonchev–Trinajstić information content (AvgIpc) is 3.22. The van der Waals surface area contributed by atoms with Crippen molar-refractivity contribution < 1.29 is 19.4 Å². The van der Waals surface area contributed by atoms with E-state index >= 15 is 0 Å². The third-order valence-electron chi connectivity index (χ3n) is 9.46. The van der Waals surface area contributed by atoms with Crippen LogP contribution in [-0.2, 0) is 9.53 Å². The summed E-state index contributed by atoms with van der Waals surface area (Å²) in [5.74, 6) is 0.380. The van der Waals surface area contributed by atoms with Gasteiger partial charge >= 0.3 is 6.03 Å². The first-order valence-corrected chi connectivity index (χ1v) is 15.1. The van der Waals surface area contributed by atoms with Crippen LogP contribution in [0, 0.1) is 16.7 Å². The highest BCUT2D eigenvalue weighted by molar-refractivity contribution is 6.01. The summed E-state index contributed by atoms with van der Waals surface area (Å²) in [4.78, 5) is 25.1. The van der Waals surface area contributed by atoms with Crippen molar-refractivity contribution in [3.8, 4) is 0 Å². The molecule has 1 unspecified atom stereocenters. The fourth-order valence-corrected chi connectivity index (χ4v) is 6.48. The van der Waals surface area contributed by atoms with Crippen molar-refractivity contribution in [3.05, 3.63) is 0 Å². The molecule has 3 amide bonds. The van der Waals surface area contributed by atoms with E-state index in [2.05, 4.69) is 39.9 Å². The van der Waals surface area contributed by atoms with E-state index in [-0.39, 0.29) is 18.5 Å². The van der Waals surface area contributed by atoms with E-state index in [9.17, 15) is 9.59 Å². The number of ether oxygens (including phenoxy) is 1. The maximum Gasteiger partial charge on any atom is 0.324 e. The minimum atomic E-state index is -0.234. The molecule has 0 aliphatic carbocycles. The second kappa shape index (κ2) is 18.2. The predicted octanol–water partition coefficient (Wildman–Crippen LogP) is 7.09. The maximum atomic E-state index is 11.9. The number of carbonyl (C=O) groups is 2. The Morgan fingerprint density at radius 3 is 1.92 bits per heavy atom. The van der Waals surface area contributed by atoms with E-state index in [4.69, 9.17) is 9.84 Å². The molecule has 0 aromatic rings. The molecule has 1 saturated heterocycles. The zero-order valence-electron chi connectivity index (χ0n) is 24.3. The number of aliphatic hydroxyl groups excluding tert-OH is 1. The summed E-state index contributed by atoms with van der Waals surface area (Å²) in [5, 5.41) is 11.5. The Hall–Kier alpha value is -1.14. The first-order valence-electron chi connectivity index (χ1n) is 15.1. The molecule has 0 saturated carbocycles. The number of imide groups is 1. The number of urea groups is 1. The fourth-order valence-electron chi connectivity index (χ4n) is 6.48. The van der Waals surface area contributed by atoms with Gasteiger partial charge in [0.1, 0.15) is 6.54 Å². The number of nitrogens with zero attached hydrogens (tertiary/aromatic N) is 1. The van der Waals surface area contributed by atoms with Gasteiger partial charge in [-0.2, -0.15) is 0 Å². The van der Waals surface area contributed by atoms with Crippen LogP contribution in [0.4, 0.5) is 4.79 Å². The van der Waals surface area contributed by atoms with Crippen molar-refractivity contribution >= 4 is 11.9 Å². The van der Waals surface area contributed by atoms with Crippen LogP contribution in [0.3, 0.4) is 0 Å². The topological polar surface area (TPSA) is 78.9 Å². The second-order valence-corrected chi connectivity index (χ2v) is 11.2. The molecule has 0 bridgehead atoms. The first-order chi connectivity index (χ1) is 17.4. The zero-order valence-corrected chi connectivity index (χ0v) is 24.3. The average molecular weight is 511 g/mol. The van der Waals surface area contributed by atoms with Gasteiger partial charge in [0.15, 0.2) is 0 Å². The van der Waals surface area contributed by atoms with Crippen molar-refractivity contribution in [2.75, 3.05) is 32.9 Å². The normalized spacial score (nSPS) is 15.6. The summed E-state index contributed by atoms with van der Waals surface area (Å²) in [6.45, 7) is 14.4. The van der Waals surface area contributed by atoms with Crippen LogP contribution in [0.5, 0.6) is 0 Å². The van der Waals surface area contributed by atoms with Gasteiger partial charge in [-0.1, -0.05) is 86.0 Å². The van der Waals surface area contributed by atoms with E-state index < -0.39 is 0 Å². The third-order valence-corrected chi connectivity index (χ3v) is 9.46. The lowest BCUT2D eigenvalue weighted by Crippen LogP contribution is -2.35. The molecule has 1 rings (SSSR count). The highest BCUT2D eigenvalue weighted by Gasteiger charge is 2.35. The molecule has 0 spiro atoms. The lowest BCUT2D eigenvalue weighted by atomic mass is 9.66. The summed E-state index contributed by atoms with van der Waals surface area (Å²) >= 11 is 0. The minimum absolute atomic E-state index is 0.182. The number of rotatable bonds is 23. The van der Waals surface area contributed by atoms with Gasteiger partial charge < -0.3 is 14.7 Å². The van der Waals surface area contributed by atoms with Crippen molar-refractivity contribution in [2.45, 2.75) is 131 Å². The van der Waals surface area contributed by atoms with Gasteiger partial charge in [0.2, 0.25) is 5.91 Å². The Kier molecular flexibility index (Phi) is 16.6.